The van der Waals surface area contributed by atoms with Crippen LogP contribution in [0.3, 0.4) is 0 Å². The third-order valence-corrected chi connectivity index (χ3v) is 4.61. The lowest BCUT2D eigenvalue weighted by atomic mass is 10.00. The number of aromatic nitrogens is 2. The maximum atomic E-state index is 4.65. The highest BCUT2D eigenvalue weighted by Crippen LogP contribution is 2.28. The Morgan fingerprint density at radius 2 is 2.21 bits per heavy atom. The number of nitrogens with one attached hydrogen (secondary N) is 1. The third kappa shape index (κ3) is 2.84. The Morgan fingerprint density at radius 3 is 2.74 bits per heavy atom. The molecule has 1 aromatic rings. The van der Waals surface area contributed by atoms with Crippen LogP contribution in [-0.2, 0) is 6.54 Å². The standard InChI is InChI=1S/C15H28N4/c1-6-19-13(4)15(11(2)17-19)12(3)18(5)14-8-7-9-16-10-14/h12,14,16H,6-10H2,1-5H3. The second-order valence-electron chi connectivity index (χ2n) is 5.74. The van der Waals surface area contributed by atoms with Crippen LogP contribution in [0.1, 0.15) is 49.7 Å². The third-order valence-electron chi connectivity index (χ3n) is 4.61. The van der Waals surface area contributed by atoms with E-state index < -0.39 is 0 Å². The quantitative estimate of drug-likeness (QED) is 0.905. The first-order chi connectivity index (χ1) is 9.06. The molecule has 0 spiro atoms. The Bertz CT molecular complexity index is 418. The first-order valence-corrected chi connectivity index (χ1v) is 7.52. The number of rotatable bonds is 4. The smallest absolute Gasteiger partial charge is 0.0644 e. The summed E-state index contributed by atoms with van der Waals surface area (Å²) in [4.78, 5) is 2.52. The van der Waals surface area contributed by atoms with Crippen molar-refractivity contribution in [1.29, 1.82) is 0 Å². The Morgan fingerprint density at radius 1 is 1.47 bits per heavy atom. The molecule has 4 nitrogen and oxygen atoms in total. The van der Waals surface area contributed by atoms with Crippen LogP contribution in [0.25, 0.3) is 0 Å². The summed E-state index contributed by atoms with van der Waals surface area (Å²) in [6, 6.07) is 1.08. The molecule has 1 aliphatic rings. The van der Waals surface area contributed by atoms with Gasteiger partial charge in [-0.3, -0.25) is 9.58 Å². The van der Waals surface area contributed by atoms with Crippen LogP contribution in [0.2, 0.25) is 0 Å². The van der Waals surface area contributed by atoms with Gasteiger partial charge in [-0.15, -0.1) is 0 Å². The van der Waals surface area contributed by atoms with Gasteiger partial charge in [-0.1, -0.05) is 0 Å². The van der Waals surface area contributed by atoms with Crippen molar-refractivity contribution in [1.82, 2.24) is 20.0 Å². The largest absolute Gasteiger partial charge is 0.315 e. The fourth-order valence-corrected chi connectivity index (χ4v) is 3.32. The van der Waals surface area contributed by atoms with Crippen LogP contribution >= 0.6 is 0 Å². The zero-order valence-corrected chi connectivity index (χ0v) is 13.0. The van der Waals surface area contributed by atoms with E-state index in [2.05, 4.69) is 54.7 Å². The second kappa shape index (κ2) is 6.06. The number of aryl methyl sites for hydroxylation is 2. The lowest BCUT2D eigenvalue weighted by Crippen LogP contribution is -2.45. The molecule has 1 fully saturated rings. The number of nitrogens with zero attached hydrogens (tertiary/aromatic N) is 3. The van der Waals surface area contributed by atoms with Crippen LogP contribution < -0.4 is 5.32 Å². The molecule has 0 amide bonds. The molecule has 1 aromatic heterocycles. The van der Waals surface area contributed by atoms with E-state index in [4.69, 9.17) is 0 Å². The van der Waals surface area contributed by atoms with Crippen molar-refractivity contribution in [2.45, 2.75) is 59.2 Å². The van der Waals surface area contributed by atoms with E-state index in [-0.39, 0.29) is 0 Å². The molecule has 2 rings (SSSR count). The highest BCUT2D eigenvalue weighted by molar-refractivity contribution is 5.28. The van der Waals surface area contributed by atoms with Crippen molar-refractivity contribution < 1.29 is 0 Å². The monoisotopic (exact) mass is 264 g/mol. The molecule has 0 aliphatic carbocycles. The Kier molecular flexibility index (Phi) is 4.63. The van der Waals surface area contributed by atoms with E-state index in [1.807, 2.05) is 0 Å². The number of hydrogen-bond donors (Lipinski definition) is 1. The van der Waals surface area contributed by atoms with E-state index >= 15 is 0 Å². The van der Waals surface area contributed by atoms with Gasteiger partial charge in [-0.05, 0) is 54.1 Å². The number of hydrogen-bond acceptors (Lipinski definition) is 3. The molecule has 0 radical (unpaired) electrons. The average Bonchev–Trinajstić information content (AvgIpc) is 2.72. The van der Waals surface area contributed by atoms with Crippen LogP contribution in [0, 0.1) is 13.8 Å². The van der Waals surface area contributed by atoms with Gasteiger partial charge in [-0.25, -0.2) is 0 Å². The minimum Gasteiger partial charge on any atom is -0.315 e. The summed E-state index contributed by atoms with van der Waals surface area (Å²) in [5.74, 6) is 0. The minimum absolute atomic E-state index is 0.435. The fourth-order valence-electron chi connectivity index (χ4n) is 3.32. The average molecular weight is 264 g/mol. The molecule has 2 atom stereocenters. The SMILES string of the molecule is CCn1nc(C)c(C(C)N(C)C2CCCNC2)c1C. The highest BCUT2D eigenvalue weighted by atomic mass is 15.3. The topological polar surface area (TPSA) is 33.1 Å². The van der Waals surface area contributed by atoms with Gasteiger partial charge in [0.05, 0.1) is 5.69 Å². The first-order valence-electron chi connectivity index (χ1n) is 7.52. The van der Waals surface area contributed by atoms with E-state index in [0.717, 1.165) is 13.1 Å². The zero-order chi connectivity index (χ0) is 14.0. The van der Waals surface area contributed by atoms with Gasteiger partial charge in [-0.2, -0.15) is 5.10 Å². The molecule has 2 unspecified atom stereocenters. The molecule has 2 heterocycles. The maximum Gasteiger partial charge on any atom is 0.0644 e. The van der Waals surface area contributed by atoms with Crippen molar-refractivity contribution >= 4 is 0 Å². The summed E-state index contributed by atoms with van der Waals surface area (Å²) in [5.41, 5.74) is 3.92. The molecule has 1 saturated heterocycles. The van der Waals surface area contributed by atoms with Gasteiger partial charge in [0.1, 0.15) is 0 Å². The second-order valence-corrected chi connectivity index (χ2v) is 5.74. The molecular weight excluding hydrogens is 236 g/mol. The Hall–Kier alpha value is -0.870. The Labute approximate surface area is 117 Å². The first kappa shape index (κ1) is 14.5. The minimum atomic E-state index is 0.435. The predicted molar refractivity (Wildman–Crippen MR) is 79.4 cm³/mol. The van der Waals surface area contributed by atoms with Crippen molar-refractivity contribution in [3.8, 4) is 0 Å². The molecule has 0 aromatic carbocycles. The molecular formula is C15H28N4. The van der Waals surface area contributed by atoms with Crippen LogP contribution in [0.4, 0.5) is 0 Å². The van der Waals surface area contributed by atoms with Crippen LogP contribution in [0.5, 0.6) is 0 Å². The lowest BCUT2D eigenvalue weighted by molar-refractivity contribution is 0.155. The number of piperidine rings is 1. The summed E-state index contributed by atoms with van der Waals surface area (Å²) < 4.78 is 2.12. The Balaban J connectivity index is 2.18. The molecule has 19 heavy (non-hydrogen) atoms. The molecule has 1 aliphatic heterocycles. The van der Waals surface area contributed by atoms with Gasteiger partial charge in [0.15, 0.2) is 0 Å². The van der Waals surface area contributed by atoms with Crippen LogP contribution in [0.15, 0.2) is 0 Å². The molecule has 4 heteroatoms. The summed E-state index contributed by atoms with van der Waals surface area (Å²) >= 11 is 0. The van der Waals surface area contributed by atoms with Crippen molar-refractivity contribution in [2.24, 2.45) is 0 Å². The summed E-state index contributed by atoms with van der Waals surface area (Å²) in [6.45, 7) is 12.0. The van der Waals surface area contributed by atoms with E-state index in [0.29, 0.717) is 12.1 Å². The van der Waals surface area contributed by atoms with Crippen LogP contribution in [-0.4, -0.2) is 40.9 Å². The summed E-state index contributed by atoms with van der Waals surface area (Å²) in [7, 11) is 2.25. The van der Waals surface area contributed by atoms with Crippen molar-refractivity contribution in [3.05, 3.63) is 17.0 Å². The van der Waals surface area contributed by atoms with Gasteiger partial charge < -0.3 is 5.32 Å². The predicted octanol–water partition coefficient (Wildman–Crippen LogP) is 2.26. The molecule has 0 bridgehead atoms. The number of likely N-dealkylation sites (N-methyl/N-ethyl adjacent to an activating group) is 1. The van der Waals surface area contributed by atoms with Crippen molar-refractivity contribution in [3.63, 3.8) is 0 Å². The normalized spacial score (nSPS) is 21.9. The van der Waals surface area contributed by atoms with Gasteiger partial charge in [0, 0.05) is 36.4 Å². The van der Waals surface area contributed by atoms with E-state index in [1.54, 1.807) is 0 Å². The summed E-state index contributed by atoms with van der Waals surface area (Å²) in [6.07, 6.45) is 2.59. The summed E-state index contributed by atoms with van der Waals surface area (Å²) in [5, 5.41) is 8.16. The lowest BCUT2D eigenvalue weighted by Gasteiger charge is -2.36. The molecule has 108 valence electrons. The van der Waals surface area contributed by atoms with Gasteiger partial charge >= 0.3 is 0 Å². The van der Waals surface area contributed by atoms with Gasteiger partial charge in [0.2, 0.25) is 0 Å². The molecule has 1 N–H and O–H groups in total. The van der Waals surface area contributed by atoms with E-state index in [1.165, 1.54) is 36.3 Å². The fraction of sp³-hybridized carbons (Fsp3) is 0.800. The maximum absolute atomic E-state index is 4.65. The van der Waals surface area contributed by atoms with Crippen molar-refractivity contribution in [2.75, 3.05) is 20.1 Å². The highest BCUT2D eigenvalue weighted by Gasteiger charge is 2.26. The molecule has 0 saturated carbocycles. The van der Waals surface area contributed by atoms with Gasteiger partial charge in [0.25, 0.3) is 0 Å². The zero-order valence-electron chi connectivity index (χ0n) is 13.0. The van der Waals surface area contributed by atoms with E-state index in [9.17, 15) is 0 Å².